The van der Waals surface area contributed by atoms with Gasteiger partial charge in [0.25, 0.3) is 0 Å². The summed E-state index contributed by atoms with van der Waals surface area (Å²) in [6.07, 6.45) is 4.23. The molecular formula is C25H42O7. The first-order valence-corrected chi connectivity index (χ1v) is 11.8. The van der Waals surface area contributed by atoms with Crippen molar-refractivity contribution in [1.29, 1.82) is 0 Å². The fourth-order valence-electron chi connectivity index (χ4n) is 5.07. The van der Waals surface area contributed by atoms with Gasteiger partial charge in [-0.05, 0) is 49.9 Å². The van der Waals surface area contributed by atoms with Gasteiger partial charge in [-0.2, -0.15) is 0 Å². The molecule has 0 unspecified atom stereocenters. The van der Waals surface area contributed by atoms with E-state index >= 15 is 0 Å². The van der Waals surface area contributed by atoms with Crippen LogP contribution in [0.5, 0.6) is 0 Å². The molecule has 1 fully saturated rings. The van der Waals surface area contributed by atoms with Crippen LogP contribution in [-0.2, 0) is 28.7 Å². The topological polar surface area (TPSA) is 107 Å². The van der Waals surface area contributed by atoms with E-state index < -0.39 is 23.5 Å². The van der Waals surface area contributed by atoms with Crippen LogP contribution in [0.3, 0.4) is 0 Å². The van der Waals surface area contributed by atoms with Crippen molar-refractivity contribution in [2.75, 3.05) is 13.2 Å². The molecule has 1 N–H and O–H groups in total. The molecule has 184 valence electrons. The lowest BCUT2D eigenvalue weighted by atomic mass is 9.53. The second-order valence-electron chi connectivity index (χ2n) is 10.5. The molecule has 0 bridgehead atoms. The highest BCUT2D eigenvalue weighted by Crippen LogP contribution is 2.54. The summed E-state index contributed by atoms with van der Waals surface area (Å²) in [6, 6.07) is 0. The van der Waals surface area contributed by atoms with Crippen LogP contribution in [0.4, 0.5) is 0 Å². The zero-order valence-corrected chi connectivity index (χ0v) is 20.7. The minimum absolute atomic E-state index is 0.0144. The summed E-state index contributed by atoms with van der Waals surface area (Å²) >= 11 is 0. The van der Waals surface area contributed by atoms with E-state index in [4.69, 9.17) is 4.74 Å². The first-order valence-electron chi connectivity index (χ1n) is 11.8. The molecule has 1 aliphatic rings. The van der Waals surface area contributed by atoms with Crippen LogP contribution in [0.1, 0.15) is 92.9 Å². The molecule has 0 amide bonds. The SMILES string of the molecule is CC(=O)CC[C@@H]1C(C)(C)CCC[C@@]1(C)C(=O)CC[C@@H](C)CC(=O)OC[C@H](O)COC(C)=O. The van der Waals surface area contributed by atoms with E-state index in [1.807, 2.05) is 6.92 Å². The van der Waals surface area contributed by atoms with Crippen LogP contribution < -0.4 is 0 Å². The number of hydrogen-bond donors (Lipinski definition) is 1. The van der Waals surface area contributed by atoms with Crippen molar-refractivity contribution in [3.05, 3.63) is 0 Å². The molecule has 7 nitrogen and oxygen atoms in total. The number of aliphatic hydroxyl groups is 1. The summed E-state index contributed by atoms with van der Waals surface area (Å²) in [5.41, 5.74) is -0.432. The van der Waals surface area contributed by atoms with Gasteiger partial charge in [0.15, 0.2) is 0 Å². The predicted molar refractivity (Wildman–Crippen MR) is 121 cm³/mol. The van der Waals surface area contributed by atoms with Gasteiger partial charge in [-0.25, -0.2) is 0 Å². The Morgan fingerprint density at radius 3 is 2.22 bits per heavy atom. The Labute approximate surface area is 192 Å². The maximum absolute atomic E-state index is 13.3. The predicted octanol–water partition coefficient (Wildman–Crippen LogP) is 4.03. The zero-order chi connectivity index (χ0) is 24.5. The molecule has 0 aromatic heterocycles. The second-order valence-corrected chi connectivity index (χ2v) is 10.5. The summed E-state index contributed by atoms with van der Waals surface area (Å²) in [6.45, 7) is 10.8. The average Bonchev–Trinajstić information content (AvgIpc) is 2.67. The minimum Gasteiger partial charge on any atom is -0.463 e. The highest BCUT2D eigenvalue weighted by Gasteiger charge is 2.49. The van der Waals surface area contributed by atoms with Crippen LogP contribution in [0.25, 0.3) is 0 Å². The Morgan fingerprint density at radius 2 is 1.62 bits per heavy atom. The molecule has 1 rings (SSSR count). The molecule has 0 saturated heterocycles. The summed E-state index contributed by atoms with van der Waals surface area (Å²) in [4.78, 5) is 47.7. The van der Waals surface area contributed by atoms with Gasteiger partial charge in [0.05, 0.1) is 0 Å². The zero-order valence-electron chi connectivity index (χ0n) is 20.7. The van der Waals surface area contributed by atoms with Gasteiger partial charge in [-0.15, -0.1) is 0 Å². The van der Waals surface area contributed by atoms with Gasteiger partial charge in [0.2, 0.25) is 0 Å². The smallest absolute Gasteiger partial charge is 0.306 e. The van der Waals surface area contributed by atoms with Crippen LogP contribution in [-0.4, -0.2) is 47.9 Å². The van der Waals surface area contributed by atoms with Gasteiger partial charge in [0.1, 0.15) is 30.9 Å². The number of Topliss-reactive ketones (excluding diaryl/α,β-unsaturated/α-hetero) is 2. The summed E-state index contributed by atoms with van der Waals surface area (Å²) in [5, 5.41) is 9.65. The second kappa shape index (κ2) is 12.5. The molecule has 32 heavy (non-hydrogen) atoms. The van der Waals surface area contributed by atoms with E-state index in [2.05, 4.69) is 25.5 Å². The fourth-order valence-corrected chi connectivity index (χ4v) is 5.07. The maximum Gasteiger partial charge on any atom is 0.306 e. The van der Waals surface area contributed by atoms with Crippen LogP contribution in [0.2, 0.25) is 0 Å². The molecular weight excluding hydrogens is 412 g/mol. The molecule has 0 radical (unpaired) electrons. The van der Waals surface area contributed by atoms with Crippen molar-refractivity contribution < 1.29 is 33.8 Å². The minimum atomic E-state index is -1.05. The number of carbonyl (C=O) groups excluding carboxylic acids is 4. The quantitative estimate of drug-likeness (QED) is 0.419. The molecule has 4 atom stereocenters. The van der Waals surface area contributed by atoms with Crippen LogP contribution in [0, 0.1) is 22.7 Å². The Bertz CT molecular complexity index is 669. The largest absolute Gasteiger partial charge is 0.463 e. The van der Waals surface area contributed by atoms with E-state index in [0.29, 0.717) is 19.3 Å². The van der Waals surface area contributed by atoms with Crippen LogP contribution >= 0.6 is 0 Å². The molecule has 0 spiro atoms. The fraction of sp³-hybridized carbons (Fsp3) is 0.840. The molecule has 7 heteroatoms. The van der Waals surface area contributed by atoms with Gasteiger partial charge in [-0.3, -0.25) is 14.4 Å². The number of ketones is 2. The number of hydrogen-bond acceptors (Lipinski definition) is 7. The van der Waals surface area contributed by atoms with E-state index in [-0.39, 0.29) is 48.5 Å². The lowest BCUT2D eigenvalue weighted by Gasteiger charge is -2.50. The average molecular weight is 455 g/mol. The van der Waals surface area contributed by atoms with Crippen molar-refractivity contribution in [2.24, 2.45) is 22.7 Å². The summed E-state index contributed by atoms with van der Waals surface area (Å²) in [7, 11) is 0. The molecule has 1 aliphatic carbocycles. The highest BCUT2D eigenvalue weighted by molar-refractivity contribution is 5.85. The van der Waals surface area contributed by atoms with Crippen molar-refractivity contribution in [3.63, 3.8) is 0 Å². The Balaban J connectivity index is 2.56. The molecule has 0 aromatic carbocycles. The highest BCUT2D eigenvalue weighted by atomic mass is 16.6. The third kappa shape index (κ3) is 9.00. The van der Waals surface area contributed by atoms with E-state index in [1.165, 1.54) is 6.92 Å². The van der Waals surface area contributed by atoms with E-state index in [0.717, 1.165) is 25.7 Å². The third-order valence-electron chi connectivity index (χ3n) is 6.95. The maximum atomic E-state index is 13.3. The first-order chi connectivity index (χ1) is 14.8. The summed E-state index contributed by atoms with van der Waals surface area (Å²) < 4.78 is 9.72. The lowest BCUT2D eigenvalue weighted by Crippen LogP contribution is -2.47. The monoisotopic (exact) mass is 454 g/mol. The number of esters is 2. The lowest BCUT2D eigenvalue weighted by molar-refractivity contribution is -0.152. The number of aliphatic hydroxyl groups excluding tert-OH is 1. The normalized spacial score (nSPS) is 24.3. The van der Waals surface area contributed by atoms with E-state index in [1.54, 1.807) is 6.92 Å². The first kappa shape index (κ1) is 28.3. The number of rotatable bonds is 13. The Hall–Kier alpha value is -1.76. The molecule has 0 heterocycles. The van der Waals surface area contributed by atoms with Crippen molar-refractivity contribution >= 4 is 23.5 Å². The third-order valence-corrected chi connectivity index (χ3v) is 6.95. The van der Waals surface area contributed by atoms with Gasteiger partial charge in [0, 0.05) is 31.6 Å². The van der Waals surface area contributed by atoms with Gasteiger partial charge >= 0.3 is 11.9 Å². The van der Waals surface area contributed by atoms with Crippen LogP contribution in [0.15, 0.2) is 0 Å². The summed E-state index contributed by atoms with van der Waals surface area (Å²) in [5.74, 6) is -0.447. The number of ether oxygens (including phenoxy) is 2. The molecule has 0 aromatic rings. The Kier molecular flexibility index (Phi) is 11.0. The van der Waals surface area contributed by atoms with Gasteiger partial charge in [-0.1, -0.05) is 34.1 Å². The van der Waals surface area contributed by atoms with Crippen molar-refractivity contribution in [1.82, 2.24) is 0 Å². The molecule has 1 saturated carbocycles. The standard InChI is InChI=1S/C25H42O7/c1-17(14-23(30)32-16-20(28)15-31-19(3)27)8-11-22(29)25(6)13-7-12-24(4,5)21(25)10-9-18(2)26/h17,20-21,28H,7-16H2,1-6H3/t17-,20-,21-,25-/m1/s1. The van der Waals surface area contributed by atoms with E-state index in [9.17, 15) is 24.3 Å². The van der Waals surface area contributed by atoms with Gasteiger partial charge < -0.3 is 19.4 Å². The number of carbonyl (C=O) groups is 4. The van der Waals surface area contributed by atoms with Crippen molar-refractivity contribution in [2.45, 2.75) is 99.0 Å². The molecule has 0 aliphatic heterocycles. The van der Waals surface area contributed by atoms with Crippen molar-refractivity contribution in [3.8, 4) is 0 Å². The Morgan fingerprint density at radius 1 is 1.00 bits per heavy atom.